The molecule has 2 bridgehead atoms. The van der Waals surface area contributed by atoms with Gasteiger partial charge in [-0.3, -0.25) is 9.59 Å². The first kappa shape index (κ1) is 20.0. The Morgan fingerprint density at radius 3 is 2.71 bits per heavy atom. The van der Waals surface area contributed by atoms with Crippen molar-refractivity contribution < 1.29 is 23.5 Å². The molecule has 2 aromatic rings. The number of carbonyl (C=O) groups is 2. The molecule has 2 saturated heterocycles. The normalized spacial score (nSPS) is 31.2. The smallest absolute Gasteiger partial charge is 0.313 e. The molecule has 0 N–H and O–H groups in total. The summed E-state index contributed by atoms with van der Waals surface area (Å²) in [6, 6.07) is 7.08. The van der Waals surface area contributed by atoms with Crippen LogP contribution < -0.4 is 4.74 Å². The van der Waals surface area contributed by atoms with E-state index >= 15 is 0 Å². The maximum atomic E-state index is 13.8. The molecule has 3 aliphatic rings. The number of carbonyl (C=O) groups excluding carboxylic acids is 2. The molecule has 1 aliphatic carbocycles. The summed E-state index contributed by atoms with van der Waals surface area (Å²) in [6.07, 6.45) is 2.76. The highest BCUT2D eigenvalue weighted by atomic mass is 16.6. The van der Waals surface area contributed by atoms with Crippen LogP contribution in [-0.4, -0.2) is 46.2 Å². The minimum Gasteiger partial charge on any atom is -0.497 e. The molecule has 3 fully saturated rings. The van der Waals surface area contributed by atoms with Crippen LogP contribution in [0.1, 0.15) is 58.4 Å². The van der Waals surface area contributed by atoms with Crippen LogP contribution in [0.25, 0.3) is 11.5 Å². The number of amides is 1. The maximum Gasteiger partial charge on any atom is 0.313 e. The lowest BCUT2D eigenvalue weighted by atomic mass is 9.66. The van der Waals surface area contributed by atoms with E-state index < -0.39 is 16.4 Å². The summed E-state index contributed by atoms with van der Waals surface area (Å²) >= 11 is 0. The molecule has 0 radical (unpaired) electrons. The van der Waals surface area contributed by atoms with Gasteiger partial charge in [-0.2, -0.15) is 0 Å². The predicted octanol–water partition coefficient (Wildman–Crippen LogP) is 3.53. The van der Waals surface area contributed by atoms with Crippen molar-refractivity contribution in [2.24, 2.45) is 10.8 Å². The number of hydrogen-bond donors (Lipinski definition) is 0. The number of likely N-dealkylation sites (tertiary alicyclic amines) is 1. The third-order valence-electron chi connectivity index (χ3n) is 7.99. The van der Waals surface area contributed by atoms with Gasteiger partial charge < -0.3 is 18.8 Å². The first-order chi connectivity index (χ1) is 14.7. The van der Waals surface area contributed by atoms with Crippen molar-refractivity contribution in [2.45, 2.75) is 58.1 Å². The second-order valence-electron chi connectivity index (χ2n) is 9.51. The van der Waals surface area contributed by atoms with Crippen molar-refractivity contribution in [3.63, 3.8) is 0 Å². The molecule has 2 aliphatic heterocycles. The van der Waals surface area contributed by atoms with E-state index in [1.165, 1.54) is 0 Å². The van der Waals surface area contributed by atoms with Gasteiger partial charge in [-0.1, -0.05) is 19.9 Å². The fourth-order valence-corrected chi connectivity index (χ4v) is 5.46. The van der Waals surface area contributed by atoms with Crippen LogP contribution in [0.5, 0.6) is 5.75 Å². The molecule has 164 valence electrons. The van der Waals surface area contributed by atoms with E-state index in [0.29, 0.717) is 36.9 Å². The second-order valence-corrected chi connectivity index (χ2v) is 9.51. The van der Waals surface area contributed by atoms with E-state index in [0.717, 1.165) is 18.4 Å². The van der Waals surface area contributed by atoms with Gasteiger partial charge in [0.05, 0.1) is 12.5 Å². The van der Waals surface area contributed by atoms with Gasteiger partial charge in [0.25, 0.3) is 5.91 Å². The first-order valence-corrected chi connectivity index (χ1v) is 10.8. The van der Waals surface area contributed by atoms with Crippen molar-refractivity contribution in [1.29, 1.82) is 0 Å². The number of rotatable bonds is 4. The number of fused-ring (bicyclic) bond motifs is 2. The quantitative estimate of drug-likeness (QED) is 0.692. The highest BCUT2D eigenvalue weighted by Gasteiger charge is 2.76. The fraction of sp³-hybridized carbons (Fsp3) is 0.565. The zero-order valence-corrected chi connectivity index (χ0v) is 18.3. The molecule has 1 saturated carbocycles. The zero-order valence-electron chi connectivity index (χ0n) is 18.3. The Labute approximate surface area is 180 Å². The lowest BCUT2D eigenvalue weighted by molar-refractivity contribution is -0.174. The molecule has 8 heteroatoms. The Balaban J connectivity index is 1.44. The van der Waals surface area contributed by atoms with Gasteiger partial charge in [0.15, 0.2) is 5.60 Å². The molecule has 8 nitrogen and oxygen atoms in total. The van der Waals surface area contributed by atoms with Gasteiger partial charge in [-0.15, -0.1) is 10.2 Å². The summed E-state index contributed by atoms with van der Waals surface area (Å²) in [5.74, 6) is 1.07. The highest BCUT2D eigenvalue weighted by Crippen LogP contribution is 2.66. The van der Waals surface area contributed by atoms with Crippen LogP contribution >= 0.6 is 0 Å². The molecular weight excluding hydrogens is 398 g/mol. The van der Waals surface area contributed by atoms with Crippen LogP contribution in [0.3, 0.4) is 0 Å². The van der Waals surface area contributed by atoms with Crippen LogP contribution in [0.2, 0.25) is 0 Å². The molecule has 31 heavy (non-hydrogen) atoms. The number of benzene rings is 1. The number of aromatic nitrogens is 2. The van der Waals surface area contributed by atoms with Crippen molar-refractivity contribution in [1.82, 2.24) is 15.1 Å². The van der Waals surface area contributed by atoms with E-state index in [9.17, 15) is 9.59 Å². The number of nitrogens with zero attached hydrogens (tertiary/aromatic N) is 3. The van der Waals surface area contributed by atoms with Gasteiger partial charge >= 0.3 is 5.97 Å². The van der Waals surface area contributed by atoms with E-state index in [4.69, 9.17) is 13.9 Å². The monoisotopic (exact) mass is 425 g/mol. The Bertz CT molecular complexity index is 1060. The van der Waals surface area contributed by atoms with Gasteiger partial charge in [0.1, 0.15) is 11.8 Å². The minimum atomic E-state index is -1.13. The second kappa shape index (κ2) is 6.55. The lowest BCUT2D eigenvalue weighted by Gasteiger charge is -2.39. The van der Waals surface area contributed by atoms with E-state index in [1.807, 2.05) is 45.0 Å². The molecule has 1 aromatic carbocycles. The first-order valence-electron chi connectivity index (χ1n) is 10.8. The Morgan fingerprint density at radius 1 is 1.23 bits per heavy atom. The van der Waals surface area contributed by atoms with Crippen molar-refractivity contribution in [3.05, 3.63) is 30.2 Å². The zero-order chi connectivity index (χ0) is 22.0. The summed E-state index contributed by atoms with van der Waals surface area (Å²) < 4.78 is 17.1. The summed E-state index contributed by atoms with van der Waals surface area (Å²) in [7, 11) is 1.60. The van der Waals surface area contributed by atoms with Gasteiger partial charge in [-0.05, 0) is 50.8 Å². The number of hydrogen-bond acceptors (Lipinski definition) is 7. The SMILES string of the molecule is COc1cccc(-c2nnc(C3CCCN3C(=O)C34CCC(C)(C(=O)O3)C4(C)C)o2)c1. The van der Waals surface area contributed by atoms with Crippen molar-refractivity contribution in [2.75, 3.05) is 13.7 Å². The largest absolute Gasteiger partial charge is 0.497 e. The highest BCUT2D eigenvalue weighted by molar-refractivity contribution is 5.96. The van der Waals surface area contributed by atoms with Gasteiger partial charge in [-0.25, -0.2) is 0 Å². The summed E-state index contributed by atoms with van der Waals surface area (Å²) in [5.41, 5.74) is -1.59. The van der Waals surface area contributed by atoms with E-state index in [2.05, 4.69) is 10.2 Å². The van der Waals surface area contributed by atoms with Crippen molar-refractivity contribution in [3.8, 4) is 17.2 Å². The predicted molar refractivity (Wildman–Crippen MR) is 110 cm³/mol. The van der Waals surface area contributed by atoms with Crippen LogP contribution in [0.15, 0.2) is 28.7 Å². The average Bonchev–Trinajstić information content (AvgIpc) is 3.50. The molecule has 1 aromatic heterocycles. The van der Waals surface area contributed by atoms with E-state index in [-0.39, 0.29) is 17.9 Å². The van der Waals surface area contributed by atoms with Crippen molar-refractivity contribution >= 4 is 11.9 Å². The molecule has 3 heterocycles. The molecule has 3 unspecified atom stereocenters. The minimum absolute atomic E-state index is 0.143. The third kappa shape index (κ3) is 2.53. The maximum absolute atomic E-state index is 13.8. The van der Waals surface area contributed by atoms with Crippen LogP contribution in [0, 0.1) is 10.8 Å². The average molecular weight is 425 g/mol. The number of methoxy groups -OCH3 is 1. The van der Waals surface area contributed by atoms with E-state index in [1.54, 1.807) is 12.0 Å². The summed E-state index contributed by atoms with van der Waals surface area (Å²) in [6.45, 7) is 6.44. The van der Waals surface area contributed by atoms with Gasteiger partial charge in [0.2, 0.25) is 11.8 Å². The topological polar surface area (TPSA) is 94.8 Å². The third-order valence-corrected chi connectivity index (χ3v) is 7.99. The standard InChI is InChI=1S/C23H27N3O5/c1-21(2)22(3)10-11-23(21,31-20(22)28)19(27)26-12-6-9-16(26)18-25-24-17(30-18)14-7-5-8-15(13-14)29-4/h5,7-8,13,16H,6,9-12H2,1-4H3. The Hall–Kier alpha value is -2.90. The molecule has 5 rings (SSSR count). The molecular formula is C23H27N3O5. The lowest BCUT2D eigenvalue weighted by Crippen LogP contribution is -2.54. The fourth-order valence-electron chi connectivity index (χ4n) is 5.46. The molecule has 1 amide bonds. The molecule has 3 atom stereocenters. The van der Waals surface area contributed by atoms with Gasteiger partial charge in [0, 0.05) is 17.5 Å². The van der Waals surface area contributed by atoms with Crippen LogP contribution in [0.4, 0.5) is 0 Å². The molecule has 0 spiro atoms. The Kier molecular flexibility index (Phi) is 4.23. The van der Waals surface area contributed by atoms with Crippen LogP contribution in [-0.2, 0) is 14.3 Å². The summed E-state index contributed by atoms with van der Waals surface area (Å²) in [5, 5.41) is 8.45. The summed E-state index contributed by atoms with van der Waals surface area (Å²) in [4.78, 5) is 28.2. The number of esters is 1. The number of ether oxygens (including phenoxy) is 2. The Morgan fingerprint density at radius 2 is 2.03 bits per heavy atom.